The van der Waals surface area contributed by atoms with Crippen LogP contribution in [0.2, 0.25) is 0 Å². The molecule has 2 atom stereocenters. The first kappa shape index (κ1) is 21.5. The number of aliphatic hydroxyl groups is 1. The molecule has 0 aliphatic carbocycles. The largest absolute Gasteiger partial charge is 0.491 e. The number of ether oxygens (including phenoxy) is 2. The highest BCUT2D eigenvalue weighted by atomic mass is 16.5. The first-order valence-electron chi connectivity index (χ1n) is 10.8. The van der Waals surface area contributed by atoms with Crippen LogP contribution in [0.3, 0.4) is 0 Å². The van der Waals surface area contributed by atoms with E-state index in [1.807, 2.05) is 41.0 Å². The van der Waals surface area contributed by atoms with Gasteiger partial charge in [-0.3, -0.25) is 0 Å². The Morgan fingerprint density at radius 1 is 1.32 bits per heavy atom. The van der Waals surface area contributed by atoms with Crippen LogP contribution in [0.1, 0.15) is 31.7 Å². The predicted octanol–water partition coefficient (Wildman–Crippen LogP) is 2.68. The fourth-order valence-electron chi connectivity index (χ4n) is 3.73. The summed E-state index contributed by atoms with van der Waals surface area (Å²) in [4.78, 5) is 4.94. The number of hydrogen-bond acceptors (Lipinski definition) is 7. The highest BCUT2D eigenvalue weighted by molar-refractivity contribution is 5.69. The summed E-state index contributed by atoms with van der Waals surface area (Å²) in [6.07, 6.45) is 2.30. The molecule has 3 aromatic rings. The number of anilines is 1. The summed E-state index contributed by atoms with van der Waals surface area (Å²) in [5.41, 5.74) is 3.75. The SMILES string of the molecule is CNCC(O)COc1cccc(-c2cc(N[C@@H]3CCOC3)n3ncc(C(C)C)c3n2)c1. The Morgan fingerprint density at radius 2 is 2.19 bits per heavy atom. The summed E-state index contributed by atoms with van der Waals surface area (Å²) < 4.78 is 13.2. The van der Waals surface area contributed by atoms with E-state index >= 15 is 0 Å². The number of aliphatic hydroxyl groups excluding tert-OH is 1. The van der Waals surface area contributed by atoms with Crippen LogP contribution in [0.5, 0.6) is 5.75 Å². The number of nitrogens with zero attached hydrogens (tertiary/aromatic N) is 3. The lowest BCUT2D eigenvalue weighted by Crippen LogP contribution is -2.29. The molecule has 1 aliphatic heterocycles. The lowest BCUT2D eigenvalue weighted by Gasteiger charge is -2.16. The summed E-state index contributed by atoms with van der Waals surface area (Å²) in [7, 11) is 1.80. The Balaban J connectivity index is 1.68. The van der Waals surface area contributed by atoms with E-state index in [1.54, 1.807) is 7.05 Å². The molecule has 4 rings (SSSR count). The number of hydrogen-bond donors (Lipinski definition) is 3. The fourth-order valence-corrected chi connectivity index (χ4v) is 3.73. The van der Waals surface area contributed by atoms with E-state index in [2.05, 4.69) is 29.6 Å². The van der Waals surface area contributed by atoms with Crippen molar-refractivity contribution in [1.82, 2.24) is 19.9 Å². The highest BCUT2D eigenvalue weighted by Gasteiger charge is 2.20. The number of aromatic nitrogens is 3. The van der Waals surface area contributed by atoms with E-state index in [4.69, 9.17) is 14.5 Å². The average molecular weight is 426 g/mol. The van der Waals surface area contributed by atoms with Crippen molar-refractivity contribution in [3.8, 4) is 17.0 Å². The van der Waals surface area contributed by atoms with Crippen molar-refractivity contribution in [2.24, 2.45) is 0 Å². The van der Waals surface area contributed by atoms with Gasteiger partial charge in [0, 0.05) is 30.3 Å². The van der Waals surface area contributed by atoms with Gasteiger partial charge < -0.3 is 25.2 Å². The predicted molar refractivity (Wildman–Crippen MR) is 121 cm³/mol. The molecule has 3 N–H and O–H groups in total. The second-order valence-electron chi connectivity index (χ2n) is 8.27. The van der Waals surface area contributed by atoms with E-state index in [1.165, 1.54) is 0 Å². The quantitative estimate of drug-likeness (QED) is 0.485. The minimum Gasteiger partial charge on any atom is -0.491 e. The van der Waals surface area contributed by atoms with Crippen LogP contribution >= 0.6 is 0 Å². The number of nitrogens with one attached hydrogen (secondary N) is 2. The molecule has 0 spiro atoms. The van der Waals surface area contributed by atoms with Crippen LogP contribution in [-0.2, 0) is 4.74 Å². The lowest BCUT2D eigenvalue weighted by molar-refractivity contribution is 0.108. The first-order chi connectivity index (χ1) is 15.0. The monoisotopic (exact) mass is 425 g/mol. The van der Waals surface area contributed by atoms with Crippen LogP contribution in [0, 0.1) is 0 Å². The van der Waals surface area contributed by atoms with Crippen molar-refractivity contribution in [3.63, 3.8) is 0 Å². The van der Waals surface area contributed by atoms with E-state index < -0.39 is 6.10 Å². The van der Waals surface area contributed by atoms with Gasteiger partial charge in [0.1, 0.15) is 24.3 Å². The maximum Gasteiger partial charge on any atom is 0.161 e. The Hall–Kier alpha value is -2.68. The lowest BCUT2D eigenvalue weighted by atomic mass is 10.1. The third-order valence-corrected chi connectivity index (χ3v) is 5.41. The zero-order chi connectivity index (χ0) is 21.8. The fraction of sp³-hybridized carbons (Fsp3) is 0.478. The van der Waals surface area contributed by atoms with Gasteiger partial charge in [-0.1, -0.05) is 26.0 Å². The number of likely N-dealkylation sites (N-methyl/N-ethyl adjacent to an activating group) is 1. The Kier molecular flexibility index (Phi) is 6.70. The third-order valence-electron chi connectivity index (χ3n) is 5.41. The van der Waals surface area contributed by atoms with Gasteiger partial charge in [0.15, 0.2) is 5.65 Å². The van der Waals surface area contributed by atoms with Gasteiger partial charge in [-0.05, 0) is 31.5 Å². The molecule has 8 heteroatoms. The number of rotatable bonds is 9. The van der Waals surface area contributed by atoms with Crippen LogP contribution in [0.15, 0.2) is 36.5 Å². The molecule has 0 bridgehead atoms. The van der Waals surface area contributed by atoms with Gasteiger partial charge in [-0.15, -0.1) is 0 Å². The summed E-state index contributed by atoms with van der Waals surface area (Å²) >= 11 is 0. The molecule has 2 aromatic heterocycles. The minimum absolute atomic E-state index is 0.228. The summed E-state index contributed by atoms with van der Waals surface area (Å²) in [5.74, 6) is 1.91. The summed E-state index contributed by atoms with van der Waals surface area (Å²) in [5, 5.41) is 21.0. The van der Waals surface area contributed by atoms with Crippen molar-refractivity contribution >= 4 is 11.5 Å². The van der Waals surface area contributed by atoms with Crippen molar-refractivity contribution in [1.29, 1.82) is 0 Å². The first-order valence-corrected chi connectivity index (χ1v) is 10.8. The molecule has 1 saturated heterocycles. The van der Waals surface area contributed by atoms with E-state index in [0.29, 0.717) is 24.8 Å². The Morgan fingerprint density at radius 3 is 2.94 bits per heavy atom. The van der Waals surface area contributed by atoms with Gasteiger partial charge in [0.2, 0.25) is 0 Å². The molecule has 1 fully saturated rings. The Labute approximate surface area is 182 Å². The van der Waals surface area contributed by atoms with Gasteiger partial charge in [-0.25, -0.2) is 4.98 Å². The topological polar surface area (TPSA) is 92.9 Å². The highest BCUT2D eigenvalue weighted by Crippen LogP contribution is 2.29. The molecule has 1 aromatic carbocycles. The molecule has 0 radical (unpaired) electrons. The second kappa shape index (κ2) is 9.64. The molecule has 166 valence electrons. The smallest absolute Gasteiger partial charge is 0.161 e. The van der Waals surface area contributed by atoms with Crippen molar-refractivity contribution < 1.29 is 14.6 Å². The normalized spacial score (nSPS) is 17.4. The molecular weight excluding hydrogens is 394 g/mol. The van der Waals surface area contributed by atoms with Crippen LogP contribution in [0.4, 0.5) is 5.82 Å². The van der Waals surface area contributed by atoms with Crippen LogP contribution in [0.25, 0.3) is 16.9 Å². The number of fused-ring (bicyclic) bond motifs is 1. The van der Waals surface area contributed by atoms with Gasteiger partial charge in [-0.2, -0.15) is 9.61 Å². The average Bonchev–Trinajstić information content (AvgIpc) is 3.42. The standard InChI is InChI=1S/C23H31N5O3/c1-15(2)20-12-25-28-22(26-17-7-8-30-13-17)10-21(27-23(20)28)16-5-4-6-19(9-16)31-14-18(29)11-24-3/h4-6,9-10,12,15,17-18,24,26,29H,7-8,11,13-14H2,1-3H3/t17-,18?/m1/s1. The van der Waals surface area contributed by atoms with Gasteiger partial charge in [0.05, 0.1) is 24.5 Å². The summed E-state index contributed by atoms with van der Waals surface area (Å²) in [6, 6.07) is 10.1. The summed E-state index contributed by atoms with van der Waals surface area (Å²) in [6.45, 7) is 6.47. The van der Waals surface area contributed by atoms with E-state index in [9.17, 15) is 5.11 Å². The molecule has 1 aliphatic rings. The van der Waals surface area contributed by atoms with Crippen LogP contribution < -0.4 is 15.4 Å². The minimum atomic E-state index is -0.562. The van der Waals surface area contributed by atoms with Crippen molar-refractivity contribution in [2.45, 2.75) is 38.3 Å². The molecule has 1 unspecified atom stereocenters. The van der Waals surface area contributed by atoms with Gasteiger partial charge in [0.25, 0.3) is 0 Å². The Bertz CT molecular complexity index is 1010. The zero-order valence-electron chi connectivity index (χ0n) is 18.3. The number of benzene rings is 1. The van der Waals surface area contributed by atoms with Crippen molar-refractivity contribution in [3.05, 3.63) is 42.1 Å². The second-order valence-corrected chi connectivity index (χ2v) is 8.27. The van der Waals surface area contributed by atoms with Crippen molar-refractivity contribution in [2.75, 3.05) is 38.7 Å². The molecule has 31 heavy (non-hydrogen) atoms. The van der Waals surface area contributed by atoms with Crippen LogP contribution in [-0.4, -0.2) is 65.3 Å². The molecular formula is C23H31N5O3. The molecule has 3 heterocycles. The molecule has 0 saturated carbocycles. The maximum absolute atomic E-state index is 9.92. The van der Waals surface area contributed by atoms with Gasteiger partial charge >= 0.3 is 0 Å². The zero-order valence-corrected chi connectivity index (χ0v) is 18.3. The van der Waals surface area contributed by atoms with E-state index in [0.717, 1.165) is 41.3 Å². The molecule has 0 amide bonds. The molecule has 8 nitrogen and oxygen atoms in total. The maximum atomic E-state index is 9.92. The third kappa shape index (κ3) is 4.98. The van der Waals surface area contributed by atoms with E-state index in [-0.39, 0.29) is 12.6 Å².